The molecule has 0 atom stereocenters. The maximum atomic E-state index is 12.3. The number of pyridine rings is 1. The predicted molar refractivity (Wildman–Crippen MR) is 111 cm³/mol. The number of aliphatic hydroxyl groups is 1. The molecule has 2 N–H and O–H groups in total. The number of fused-ring (bicyclic) bond motifs is 3. The maximum absolute atomic E-state index is 12.3. The van der Waals surface area contributed by atoms with E-state index in [0.717, 1.165) is 21.9 Å². The lowest BCUT2D eigenvalue weighted by atomic mass is 9.97. The van der Waals surface area contributed by atoms with E-state index in [2.05, 4.69) is 4.98 Å². The Bertz CT molecular complexity index is 1340. The Morgan fingerprint density at radius 2 is 1.86 bits per heavy atom. The van der Waals surface area contributed by atoms with Crippen LogP contribution in [0.2, 0.25) is 0 Å². The molecule has 6 nitrogen and oxygen atoms in total. The van der Waals surface area contributed by atoms with Gasteiger partial charge >= 0.3 is 0 Å². The van der Waals surface area contributed by atoms with Crippen molar-refractivity contribution in [2.24, 2.45) is 0 Å². The first-order chi connectivity index (χ1) is 13.5. The molecule has 2 aromatic heterocycles. The zero-order valence-corrected chi connectivity index (χ0v) is 16.6. The number of thiophene rings is 1. The van der Waals surface area contributed by atoms with E-state index in [1.54, 1.807) is 31.4 Å². The van der Waals surface area contributed by atoms with Crippen molar-refractivity contribution in [2.45, 2.75) is 4.90 Å². The van der Waals surface area contributed by atoms with Crippen molar-refractivity contribution in [3.8, 4) is 16.9 Å². The monoisotopic (exact) mass is 415 g/mol. The van der Waals surface area contributed by atoms with Gasteiger partial charge in [0.2, 0.25) is 0 Å². The molecule has 0 aliphatic rings. The fourth-order valence-electron chi connectivity index (χ4n) is 3.35. The van der Waals surface area contributed by atoms with E-state index in [1.165, 1.54) is 23.5 Å². The van der Waals surface area contributed by atoms with Crippen LogP contribution in [-0.4, -0.2) is 38.0 Å². The Morgan fingerprint density at radius 1 is 1.11 bits per heavy atom. The summed E-state index contributed by atoms with van der Waals surface area (Å²) in [6.45, 7) is -0.426. The highest BCUT2D eigenvalue weighted by Gasteiger charge is 2.18. The fourth-order valence-corrected chi connectivity index (χ4v) is 5.17. The van der Waals surface area contributed by atoms with E-state index in [9.17, 15) is 13.2 Å². The van der Waals surface area contributed by atoms with Crippen LogP contribution in [0.5, 0.6) is 5.75 Å². The summed E-state index contributed by atoms with van der Waals surface area (Å²) in [5, 5.41) is 12.5. The Labute approximate surface area is 165 Å². The lowest BCUT2D eigenvalue weighted by Crippen LogP contribution is -2.09. The van der Waals surface area contributed by atoms with Gasteiger partial charge in [0.15, 0.2) is 9.84 Å². The van der Waals surface area contributed by atoms with Gasteiger partial charge in [-0.2, -0.15) is 0 Å². The molecule has 0 spiro atoms. The van der Waals surface area contributed by atoms with Crippen molar-refractivity contribution in [3.63, 3.8) is 0 Å². The van der Waals surface area contributed by atoms with Crippen molar-refractivity contribution in [1.29, 1.82) is 0 Å². The second-order valence-corrected chi connectivity index (χ2v) is 9.28. The molecule has 0 amide bonds. The van der Waals surface area contributed by atoms with Crippen molar-refractivity contribution < 1.29 is 18.3 Å². The largest absolute Gasteiger partial charge is 0.496 e. The van der Waals surface area contributed by atoms with Crippen LogP contribution in [0.15, 0.2) is 57.5 Å². The number of nitrogens with one attached hydrogen (secondary N) is 1. The molecule has 4 rings (SSSR count). The third-order valence-corrected chi connectivity index (χ3v) is 7.26. The smallest absolute Gasteiger partial charge is 0.266 e. The van der Waals surface area contributed by atoms with Crippen LogP contribution in [0.3, 0.4) is 0 Å². The normalized spacial score (nSPS) is 11.9. The zero-order valence-electron chi connectivity index (χ0n) is 14.9. The summed E-state index contributed by atoms with van der Waals surface area (Å²) in [5.41, 5.74) is 2.10. The molecule has 0 saturated heterocycles. The number of aliphatic hydroxyl groups excluding tert-OH is 1. The van der Waals surface area contributed by atoms with Gasteiger partial charge in [-0.3, -0.25) is 4.79 Å². The summed E-state index contributed by atoms with van der Waals surface area (Å²) < 4.78 is 30.5. The highest BCUT2D eigenvalue weighted by Crippen LogP contribution is 2.40. The molecular weight excluding hydrogens is 398 g/mol. The number of H-pyrrole nitrogens is 1. The average molecular weight is 415 g/mol. The van der Waals surface area contributed by atoms with Crippen LogP contribution in [0.1, 0.15) is 0 Å². The van der Waals surface area contributed by atoms with Gasteiger partial charge in [-0.05, 0) is 41.3 Å². The number of hydrogen-bond acceptors (Lipinski definition) is 6. The molecule has 0 aliphatic carbocycles. The second-order valence-electron chi connectivity index (χ2n) is 6.25. The summed E-state index contributed by atoms with van der Waals surface area (Å²) in [7, 11) is -1.96. The first-order valence-electron chi connectivity index (χ1n) is 8.50. The van der Waals surface area contributed by atoms with Gasteiger partial charge in [-0.1, -0.05) is 12.1 Å². The molecule has 2 heterocycles. The molecule has 0 bridgehead atoms. The molecule has 0 radical (unpaired) electrons. The molecule has 28 heavy (non-hydrogen) atoms. The van der Waals surface area contributed by atoms with Gasteiger partial charge in [0, 0.05) is 21.9 Å². The first kappa shape index (κ1) is 18.7. The number of aromatic amines is 1. The number of ether oxygens (including phenoxy) is 1. The number of sulfone groups is 1. The van der Waals surface area contributed by atoms with Crippen LogP contribution >= 0.6 is 11.3 Å². The lowest BCUT2D eigenvalue weighted by molar-refractivity contribution is 0.319. The summed E-state index contributed by atoms with van der Waals surface area (Å²) in [5.74, 6) is 0.304. The molecule has 4 aromatic rings. The van der Waals surface area contributed by atoms with Crippen molar-refractivity contribution >= 4 is 42.2 Å². The van der Waals surface area contributed by atoms with E-state index >= 15 is 0 Å². The van der Waals surface area contributed by atoms with Crippen molar-refractivity contribution in [1.82, 2.24) is 4.98 Å². The highest BCUT2D eigenvalue weighted by atomic mass is 32.2. The number of hydrogen-bond donors (Lipinski definition) is 2. The second kappa shape index (κ2) is 7.05. The average Bonchev–Trinajstić information content (AvgIpc) is 3.18. The number of benzene rings is 2. The fraction of sp³-hybridized carbons (Fsp3) is 0.150. The minimum atomic E-state index is -3.53. The van der Waals surface area contributed by atoms with Gasteiger partial charge in [0.05, 0.1) is 24.4 Å². The van der Waals surface area contributed by atoms with E-state index < -0.39 is 16.4 Å². The Morgan fingerprint density at radius 3 is 2.54 bits per heavy atom. The molecule has 0 fully saturated rings. The van der Waals surface area contributed by atoms with Gasteiger partial charge in [0.25, 0.3) is 5.56 Å². The minimum absolute atomic E-state index is 0.140. The number of aromatic nitrogens is 1. The minimum Gasteiger partial charge on any atom is -0.496 e. The Hall–Kier alpha value is -2.68. The first-order valence-corrected chi connectivity index (χ1v) is 11.0. The molecule has 2 aromatic carbocycles. The van der Waals surface area contributed by atoms with Gasteiger partial charge in [-0.15, -0.1) is 11.3 Å². The topological polar surface area (TPSA) is 96.5 Å². The van der Waals surface area contributed by atoms with Crippen LogP contribution in [0, 0.1) is 0 Å². The van der Waals surface area contributed by atoms with Crippen LogP contribution in [-0.2, 0) is 9.84 Å². The van der Waals surface area contributed by atoms with Gasteiger partial charge < -0.3 is 14.8 Å². The molecule has 0 unspecified atom stereocenters. The van der Waals surface area contributed by atoms with E-state index in [-0.39, 0.29) is 16.2 Å². The zero-order chi connectivity index (χ0) is 19.9. The van der Waals surface area contributed by atoms with Gasteiger partial charge in [-0.25, -0.2) is 8.42 Å². The third kappa shape index (κ3) is 2.99. The third-order valence-electron chi connectivity index (χ3n) is 4.64. The molecule has 144 valence electrons. The quantitative estimate of drug-likeness (QED) is 0.522. The van der Waals surface area contributed by atoms with Crippen molar-refractivity contribution in [2.75, 3.05) is 19.5 Å². The Balaban J connectivity index is 2.00. The molecular formula is C20H17NO5S2. The summed E-state index contributed by atoms with van der Waals surface area (Å²) in [4.78, 5) is 15.4. The number of methoxy groups -OCH3 is 1. The van der Waals surface area contributed by atoms with Crippen LogP contribution < -0.4 is 10.3 Å². The SMILES string of the molecule is COc1ccc2[nH]c(=O)c3sccc3c2c1-c1ccc(S(=O)(=O)CCO)cc1. The Kier molecular flexibility index (Phi) is 4.70. The molecule has 0 aliphatic heterocycles. The van der Waals surface area contributed by atoms with Crippen molar-refractivity contribution in [3.05, 3.63) is 58.2 Å². The molecule has 8 heteroatoms. The number of rotatable bonds is 5. The lowest BCUT2D eigenvalue weighted by Gasteiger charge is -2.14. The maximum Gasteiger partial charge on any atom is 0.266 e. The summed E-state index contributed by atoms with van der Waals surface area (Å²) in [6, 6.07) is 12.0. The summed E-state index contributed by atoms with van der Waals surface area (Å²) in [6.07, 6.45) is 0. The summed E-state index contributed by atoms with van der Waals surface area (Å²) >= 11 is 1.37. The van der Waals surface area contributed by atoms with E-state index in [4.69, 9.17) is 9.84 Å². The predicted octanol–water partition coefficient (Wildman–Crippen LogP) is 3.18. The van der Waals surface area contributed by atoms with Crippen LogP contribution in [0.25, 0.3) is 32.1 Å². The van der Waals surface area contributed by atoms with E-state index in [1.807, 2.05) is 11.4 Å². The van der Waals surface area contributed by atoms with Gasteiger partial charge in [0.1, 0.15) is 10.4 Å². The standard InChI is InChI=1S/C20H17NO5S2/c1-26-16-7-6-15-18(14-8-10-27-19(14)20(23)21-15)17(16)12-2-4-13(5-3-12)28(24,25)11-9-22/h2-8,10,22H,9,11H2,1H3,(H,21,23). The van der Waals surface area contributed by atoms with Crippen LogP contribution in [0.4, 0.5) is 0 Å². The molecule has 0 saturated carbocycles. The highest BCUT2D eigenvalue weighted by molar-refractivity contribution is 7.91. The van der Waals surface area contributed by atoms with E-state index in [0.29, 0.717) is 16.0 Å².